The molecule has 1 saturated heterocycles. The zero-order chi connectivity index (χ0) is 13.9. The van der Waals surface area contributed by atoms with Crippen LogP contribution in [-0.2, 0) is 19.1 Å². The minimum Gasteiger partial charge on any atom is -0.463 e. The van der Waals surface area contributed by atoms with Gasteiger partial charge in [-0.3, -0.25) is 4.79 Å². The van der Waals surface area contributed by atoms with Gasteiger partial charge in [0.15, 0.2) is 0 Å². The summed E-state index contributed by atoms with van der Waals surface area (Å²) in [6, 6.07) is 0. The van der Waals surface area contributed by atoms with E-state index in [-0.39, 0.29) is 12.6 Å². The number of cyclic esters (lactones) is 1. The lowest BCUT2D eigenvalue weighted by atomic mass is 10.1. The monoisotopic (exact) mass is 272 g/mol. The van der Waals surface area contributed by atoms with E-state index >= 15 is 0 Å². The molecule has 1 aliphatic rings. The second-order valence-electron chi connectivity index (χ2n) is 4.88. The maximum Gasteiger partial charge on any atom is 0.347 e. The minimum atomic E-state index is -0.675. The predicted octanol–water partition coefficient (Wildman–Crippen LogP) is 1.96. The number of hydrogen-bond acceptors (Lipinski definition) is 5. The molecule has 0 saturated carbocycles. The Morgan fingerprint density at radius 1 is 1.16 bits per heavy atom. The van der Waals surface area contributed by atoms with Crippen molar-refractivity contribution >= 4 is 11.9 Å². The Hall–Kier alpha value is -1.10. The molecule has 1 heterocycles. The van der Waals surface area contributed by atoms with Crippen LogP contribution < -0.4 is 0 Å². The maximum absolute atomic E-state index is 11.5. The number of aliphatic hydroxyl groups is 1. The Bertz CT molecular complexity index is 277. The third kappa shape index (κ3) is 7.15. The normalized spacial score (nSPS) is 18.4. The van der Waals surface area contributed by atoms with Crippen molar-refractivity contribution in [2.75, 3.05) is 13.2 Å². The maximum atomic E-state index is 11.5. The SMILES string of the molecule is O=C(CCCCCCCCCO)OC1CCOC1=O. The second kappa shape index (κ2) is 9.78. The number of unbranched alkanes of at least 4 members (excludes halogenated alkanes) is 6. The first-order valence-corrected chi connectivity index (χ1v) is 7.21. The van der Waals surface area contributed by atoms with Crippen LogP contribution in [0.2, 0.25) is 0 Å². The number of aliphatic hydroxyl groups excluding tert-OH is 1. The van der Waals surface area contributed by atoms with E-state index in [1.54, 1.807) is 0 Å². The average molecular weight is 272 g/mol. The lowest BCUT2D eigenvalue weighted by Crippen LogP contribution is -2.22. The van der Waals surface area contributed by atoms with Crippen LogP contribution in [0.1, 0.15) is 57.8 Å². The highest BCUT2D eigenvalue weighted by Gasteiger charge is 2.29. The summed E-state index contributed by atoms with van der Waals surface area (Å²) in [6.07, 6.45) is 7.32. The van der Waals surface area contributed by atoms with Crippen LogP contribution in [0.3, 0.4) is 0 Å². The van der Waals surface area contributed by atoms with Crippen LogP contribution in [0, 0.1) is 0 Å². The molecule has 1 atom stereocenters. The van der Waals surface area contributed by atoms with Gasteiger partial charge in [0.2, 0.25) is 6.10 Å². The van der Waals surface area contributed by atoms with Gasteiger partial charge in [-0.25, -0.2) is 4.79 Å². The van der Waals surface area contributed by atoms with Crippen LogP contribution >= 0.6 is 0 Å². The zero-order valence-corrected chi connectivity index (χ0v) is 11.4. The average Bonchev–Trinajstić information content (AvgIpc) is 2.78. The molecular formula is C14H24O5. The first-order chi connectivity index (χ1) is 9.24. The lowest BCUT2D eigenvalue weighted by molar-refractivity contribution is -0.160. The molecule has 1 fully saturated rings. The standard InChI is InChI=1S/C14H24O5/c15-10-7-5-3-1-2-4-6-8-13(16)19-12-9-11-18-14(12)17/h12,15H,1-11H2. The molecule has 0 amide bonds. The van der Waals surface area contributed by atoms with Crippen molar-refractivity contribution < 1.29 is 24.2 Å². The molecule has 0 aromatic carbocycles. The molecule has 0 radical (unpaired) electrons. The molecule has 1 aliphatic heterocycles. The van der Waals surface area contributed by atoms with Crippen LogP contribution in [0.25, 0.3) is 0 Å². The quantitative estimate of drug-likeness (QED) is 0.486. The van der Waals surface area contributed by atoms with Gasteiger partial charge in [-0.2, -0.15) is 0 Å². The van der Waals surface area contributed by atoms with Crippen molar-refractivity contribution in [3.8, 4) is 0 Å². The highest BCUT2D eigenvalue weighted by Crippen LogP contribution is 2.13. The summed E-state index contributed by atoms with van der Waals surface area (Å²) in [7, 11) is 0. The Balaban J connectivity index is 1.91. The number of esters is 2. The number of carbonyl (C=O) groups is 2. The molecule has 5 nitrogen and oxygen atoms in total. The van der Waals surface area contributed by atoms with E-state index < -0.39 is 12.1 Å². The molecule has 0 aliphatic carbocycles. The number of ether oxygens (including phenoxy) is 2. The van der Waals surface area contributed by atoms with Gasteiger partial charge in [0.1, 0.15) is 0 Å². The minimum absolute atomic E-state index is 0.273. The molecule has 1 N–H and O–H groups in total. The molecule has 0 bridgehead atoms. The molecule has 1 rings (SSSR count). The van der Waals surface area contributed by atoms with Gasteiger partial charge < -0.3 is 14.6 Å². The topological polar surface area (TPSA) is 72.8 Å². The highest BCUT2D eigenvalue weighted by molar-refractivity contribution is 5.80. The van der Waals surface area contributed by atoms with Crippen molar-refractivity contribution in [2.24, 2.45) is 0 Å². The summed E-state index contributed by atoms with van der Waals surface area (Å²) < 4.78 is 9.76. The Kier molecular flexibility index (Phi) is 8.21. The van der Waals surface area contributed by atoms with E-state index in [9.17, 15) is 9.59 Å². The summed E-state index contributed by atoms with van der Waals surface area (Å²) in [5.41, 5.74) is 0. The Labute approximate surface area is 114 Å². The summed E-state index contributed by atoms with van der Waals surface area (Å²) in [5, 5.41) is 8.62. The van der Waals surface area contributed by atoms with Crippen LogP contribution in [-0.4, -0.2) is 36.4 Å². The van der Waals surface area contributed by atoms with Crippen molar-refractivity contribution in [3.63, 3.8) is 0 Å². The predicted molar refractivity (Wildman–Crippen MR) is 69.5 cm³/mol. The Morgan fingerprint density at radius 2 is 1.79 bits per heavy atom. The van der Waals surface area contributed by atoms with Crippen molar-refractivity contribution in [1.82, 2.24) is 0 Å². The summed E-state index contributed by atoms with van der Waals surface area (Å²) in [4.78, 5) is 22.6. The van der Waals surface area contributed by atoms with E-state index in [1.165, 1.54) is 0 Å². The van der Waals surface area contributed by atoms with E-state index in [2.05, 4.69) is 0 Å². The summed E-state index contributed by atoms with van der Waals surface area (Å²) in [5.74, 6) is -0.721. The molecular weight excluding hydrogens is 248 g/mol. The third-order valence-corrected chi connectivity index (χ3v) is 3.20. The van der Waals surface area contributed by atoms with Gasteiger partial charge in [0.05, 0.1) is 6.61 Å². The molecule has 0 aromatic rings. The fourth-order valence-electron chi connectivity index (χ4n) is 2.07. The summed E-state index contributed by atoms with van der Waals surface area (Å²) >= 11 is 0. The largest absolute Gasteiger partial charge is 0.463 e. The fourth-order valence-corrected chi connectivity index (χ4v) is 2.07. The van der Waals surface area contributed by atoms with Gasteiger partial charge in [-0.15, -0.1) is 0 Å². The molecule has 0 spiro atoms. The third-order valence-electron chi connectivity index (χ3n) is 3.20. The highest BCUT2D eigenvalue weighted by atomic mass is 16.6. The lowest BCUT2D eigenvalue weighted by Gasteiger charge is -2.08. The van der Waals surface area contributed by atoms with E-state index in [1.807, 2.05) is 0 Å². The van der Waals surface area contributed by atoms with E-state index in [4.69, 9.17) is 14.6 Å². The molecule has 110 valence electrons. The van der Waals surface area contributed by atoms with Crippen molar-refractivity contribution in [1.29, 1.82) is 0 Å². The van der Waals surface area contributed by atoms with Gasteiger partial charge >= 0.3 is 11.9 Å². The van der Waals surface area contributed by atoms with Crippen LogP contribution in [0.5, 0.6) is 0 Å². The van der Waals surface area contributed by atoms with Gasteiger partial charge in [0.25, 0.3) is 0 Å². The smallest absolute Gasteiger partial charge is 0.347 e. The first-order valence-electron chi connectivity index (χ1n) is 7.21. The second-order valence-corrected chi connectivity index (χ2v) is 4.88. The molecule has 0 aromatic heterocycles. The van der Waals surface area contributed by atoms with E-state index in [0.29, 0.717) is 19.4 Å². The molecule has 1 unspecified atom stereocenters. The number of carbonyl (C=O) groups excluding carboxylic acids is 2. The van der Waals surface area contributed by atoms with Crippen LogP contribution in [0.4, 0.5) is 0 Å². The van der Waals surface area contributed by atoms with Crippen molar-refractivity contribution in [3.05, 3.63) is 0 Å². The van der Waals surface area contributed by atoms with Crippen molar-refractivity contribution in [2.45, 2.75) is 63.9 Å². The zero-order valence-electron chi connectivity index (χ0n) is 11.4. The van der Waals surface area contributed by atoms with Gasteiger partial charge in [-0.1, -0.05) is 32.1 Å². The van der Waals surface area contributed by atoms with Gasteiger partial charge in [-0.05, 0) is 12.8 Å². The fraction of sp³-hybridized carbons (Fsp3) is 0.857. The Morgan fingerprint density at radius 3 is 2.37 bits per heavy atom. The first kappa shape index (κ1) is 16.0. The van der Waals surface area contributed by atoms with E-state index in [0.717, 1.165) is 44.9 Å². The summed E-state index contributed by atoms with van der Waals surface area (Å²) in [6.45, 7) is 0.625. The number of rotatable bonds is 10. The number of hydrogen-bond donors (Lipinski definition) is 1. The molecule has 5 heteroatoms. The van der Waals surface area contributed by atoms with Gasteiger partial charge in [0, 0.05) is 19.4 Å². The van der Waals surface area contributed by atoms with Crippen LogP contribution in [0.15, 0.2) is 0 Å². The molecule has 19 heavy (non-hydrogen) atoms.